The highest BCUT2D eigenvalue weighted by Gasteiger charge is 2.30. The molecule has 200 valence electrons. The van der Waals surface area contributed by atoms with Gasteiger partial charge in [-0.2, -0.15) is 0 Å². The number of aromatic nitrogens is 2. The van der Waals surface area contributed by atoms with Crippen LogP contribution in [0.4, 0.5) is 0 Å². The highest BCUT2D eigenvalue weighted by molar-refractivity contribution is 5.94. The van der Waals surface area contributed by atoms with Crippen LogP contribution in [0.2, 0.25) is 0 Å². The zero-order chi connectivity index (χ0) is 27.1. The molecule has 0 spiro atoms. The van der Waals surface area contributed by atoms with Gasteiger partial charge in [0.2, 0.25) is 17.7 Å². The van der Waals surface area contributed by atoms with Crippen LogP contribution in [0.5, 0.6) is 0 Å². The Morgan fingerprint density at radius 1 is 0.972 bits per heavy atom. The van der Waals surface area contributed by atoms with Crippen LogP contribution in [-0.4, -0.2) is 86.8 Å². The fourth-order valence-electron chi connectivity index (χ4n) is 3.16. The van der Waals surface area contributed by atoms with E-state index >= 15 is 0 Å². The van der Waals surface area contributed by atoms with Gasteiger partial charge >= 0.3 is 11.9 Å². The van der Waals surface area contributed by atoms with E-state index in [1.807, 2.05) is 0 Å². The number of carbonyl (C=O) groups excluding carboxylic acids is 4. The number of imidazole rings is 1. The number of carboxylic acids is 2. The zero-order valence-corrected chi connectivity index (χ0v) is 19.6. The van der Waals surface area contributed by atoms with Gasteiger partial charge in [-0.3, -0.25) is 24.0 Å². The van der Waals surface area contributed by atoms with Crippen LogP contribution in [0.1, 0.15) is 44.2 Å². The van der Waals surface area contributed by atoms with Gasteiger partial charge in [-0.15, -0.1) is 0 Å². The molecule has 1 rings (SSSR count). The third kappa shape index (κ3) is 11.5. The Labute approximate surface area is 206 Å². The van der Waals surface area contributed by atoms with E-state index in [2.05, 4.69) is 25.9 Å². The van der Waals surface area contributed by atoms with Gasteiger partial charge in [-0.1, -0.05) is 6.42 Å². The number of amides is 3. The lowest BCUT2D eigenvalue weighted by Crippen LogP contribution is -2.57. The van der Waals surface area contributed by atoms with E-state index in [0.717, 1.165) is 0 Å². The number of nitrogens with one attached hydrogen (secondary N) is 4. The van der Waals surface area contributed by atoms with Crippen LogP contribution in [0, 0.1) is 0 Å². The lowest BCUT2D eigenvalue weighted by Gasteiger charge is -2.24. The molecule has 0 saturated heterocycles. The lowest BCUT2D eigenvalue weighted by atomic mass is 10.1. The van der Waals surface area contributed by atoms with E-state index in [-0.39, 0.29) is 19.1 Å². The van der Waals surface area contributed by atoms with Crippen molar-refractivity contribution in [3.63, 3.8) is 0 Å². The number of nitrogens with two attached hydrogens (primary N) is 2. The molecule has 4 atom stereocenters. The molecule has 15 heteroatoms. The molecule has 1 heterocycles. The highest BCUT2D eigenvalue weighted by Crippen LogP contribution is 2.06. The molecular formula is C21H33N7O8. The monoisotopic (exact) mass is 511 g/mol. The molecule has 10 N–H and O–H groups in total. The fraction of sp³-hybridized carbons (Fsp3) is 0.571. The van der Waals surface area contributed by atoms with E-state index in [0.29, 0.717) is 31.5 Å². The maximum atomic E-state index is 13.0. The predicted octanol–water partition coefficient (Wildman–Crippen LogP) is -2.60. The van der Waals surface area contributed by atoms with Crippen molar-refractivity contribution in [3.05, 3.63) is 18.2 Å². The van der Waals surface area contributed by atoms with Gasteiger partial charge in [-0.25, -0.2) is 4.98 Å². The minimum atomic E-state index is -1.34. The molecule has 36 heavy (non-hydrogen) atoms. The Kier molecular flexibility index (Phi) is 13.4. The quantitative estimate of drug-likeness (QED) is 0.0748. The summed E-state index contributed by atoms with van der Waals surface area (Å²) in [6.07, 6.45) is 3.00. The second kappa shape index (κ2) is 15.9. The average molecular weight is 512 g/mol. The summed E-state index contributed by atoms with van der Waals surface area (Å²) in [5.41, 5.74) is 11.7. The van der Waals surface area contributed by atoms with Gasteiger partial charge in [0, 0.05) is 24.7 Å². The van der Waals surface area contributed by atoms with E-state index in [1.165, 1.54) is 12.5 Å². The SMILES string of the molecule is NCCCC[C@H](N)C(=O)N[C@@H](CCC(=O)O)C(=O)N[C@@H](Cc1cnc[nH]1)C(=O)N[C@H](C=O)CC(=O)O. The van der Waals surface area contributed by atoms with Gasteiger partial charge in [-0.05, 0) is 25.8 Å². The third-order valence-corrected chi connectivity index (χ3v) is 5.08. The van der Waals surface area contributed by atoms with Crippen LogP contribution in [0.15, 0.2) is 12.5 Å². The Morgan fingerprint density at radius 3 is 2.19 bits per heavy atom. The molecule has 3 amide bonds. The Hall–Kier alpha value is -3.85. The number of carboxylic acid groups (broad SMARTS) is 2. The summed E-state index contributed by atoms with van der Waals surface area (Å²) in [5, 5.41) is 25.0. The van der Waals surface area contributed by atoms with Gasteiger partial charge in [0.05, 0.1) is 24.8 Å². The number of unbranched alkanes of at least 4 members (excludes halogenated alkanes) is 1. The van der Waals surface area contributed by atoms with Crippen LogP contribution in [0.3, 0.4) is 0 Å². The summed E-state index contributed by atoms with van der Waals surface area (Å²) in [5.74, 6) is -4.92. The number of hydrogen-bond donors (Lipinski definition) is 8. The molecule has 0 saturated carbocycles. The maximum Gasteiger partial charge on any atom is 0.305 e. The minimum Gasteiger partial charge on any atom is -0.481 e. The Morgan fingerprint density at radius 2 is 1.64 bits per heavy atom. The number of rotatable bonds is 18. The Bertz CT molecular complexity index is 893. The molecule has 1 aromatic rings. The van der Waals surface area contributed by atoms with Gasteiger partial charge in [0.25, 0.3) is 0 Å². The van der Waals surface area contributed by atoms with Gasteiger partial charge in [0.15, 0.2) is 0 Å². The molecule has 1 aromatic heterocycles. The first-order chi connectivity index (χ1) is 17.1. The number of aromatic amines is 1. The van der Waals surface area contributed by atoms with E-state index in [1.54, 1.807) is 0 Å². The maximum absolute atomic E-state index is 13.0. The number of hydrogen-bond acceptors (Lipinski definition) is 9. The number of H-pyrrole nitrogens is 1. The van der Waals surface area contributed by atoms with Crippen LogP contribution < -0.4 is 27.4 Å². The van der Waals surface area contributed by atoms with Crippen LogP contribution >= 0.6 is 0 Å². The summed E-state index contributed by atoms with van der Waals surface area (Å²) >= 11 is 0. The third-order valence-electron chi connectivity index (χ3n) is 5.08. The van der Waals surface area contributed by atoms with E-state index < -0.39 is 66.7 Å². The highest BCUT2D eigenvalue weighted by atomic mass is 16.4. The van der Waals surface area contributed by atoms with Crippen molar-refractivity contribution >= 4 is 35.9 Å². The van der Waals surface area contributed by atoms with Crippen molar-refractivity contribution in [2.75, 3.05) is 6.54 Å². The van der Waals surface area contributed by atoms with E-state index in [4.69, 9.17) is 21.7 Å². The summed E-state index contributed by atoms with van der Waals surface area (Å²) < 4.78 is 0. The molecule has 0 radical (unpaired) electrons. The normalized spacial score (nSPS) is 14.1. The fourth-order valence-corrected chi connectivity index (χ4v) is 3.16. The summed E-state index contributed by atoms with van der Waals surface area (Å²) in [4.78, 5) is 78.0. The molecule has 0 aliphatic rings. The number of aliphatic carboxylic acids is 2. The molecule has 15 nitrogen and oxygen atoms in total. The molecule has 0 aliphatic heterocycles. The molecule has 0 bridgehead atoms. The molecule has 0 aromatic carbocycles. The van der Waals surface area contributed by atoms with Gasteiger partial charge < -0.3 is 47.4 Å². The minimum absolute atomic E-state index is 0.117. The van der Waals surface area contributed by atoms with E-state index in [9.17, 15) is 28.8 Å². The standard InChI is InChI=1S/C21H33N7O8/c22-6-2-1-3-14(23)19(34)27-15(4-5-17(30)31)20(35)28-16(7-12-9-24-11-25-12)21(36)26-13(10-29)8-18(32)33/h9-11,13-16H,1-8,22-23H2,(H,24,25)(H,26,36)(H,27,34)(H,28,35)(H,30,31)(H,32,33)/t13-,14-,15-,16-/m0/s1. The predicted molar refractivity (Wildman–Crippen MR) is 124 cm³/mol. The number of carbonyl (C=O) groups is 6. The average Bonchev–Trinajstić information content (AvgIpc) is 3.33. The van der Waals surface area contributed by atoms with Gasteiger partial charge in [0.1, 0.15) is 18.4 Å². The Balaban J connectivity index is 3.00. The van der Waals surface area contributed by atoms with Crippen molar-refractivity contribution in [2.45, 2.75) is 69.1 Å². The van der Waals surface area contributed by atoms with Crippen LogP contribution in [-0.2, 0) is 35.2 Å². The molecule has 0 unspecified atom stereocenters. The smallest absolute Gasteiger partial charge is 0.305 e. The van der Waals surface area contributed by atoms with Crippen molar-refractivity contribution in [3.8, 4) is 0 Å². The van der Waals surface area contributed by atoms with Crippen LogP contribution in [0.25, 0.3) is 0 Å². The number of nitrogens with zero attached hydrogens (tertiary/aromatic N) is 1. The first kappa shape index (κ1) is 30.2. The second-order valence-electron chi connectivity index (χ2n) is 8.08. The number of aldehydes is 1. The lowest BCUT2D eigenvalue weighted by molar-refractivity contribution is -0.140. The molecular weight excluding hydrogens is 478 g/mol. The molecule has 0 fully saturated rings. The first-order valence-electron chi connectivity index (χ1n) is 11.3. The van der Waals surface area contributed by atoms with Crippen molar-refractivity contribution in [1.82, 2.24) is 25.9 Å². The van der Waals surface area contributed by atoms with Crippen molar-refractivity contribution in [1.29, 1.82) is 0 Å². The first-order valence-corrected chi connectivity index (χ1v) is 11.3. The van der Waals surface area contributed by atoms with Crippen molar-refractivity contribution < 1.29 is 39.0 Å². The van der Waals surface area contributed by atoms with Crippen molar-refractivity contribution in [2.24, 2.45) is 11.5 Å². The summed E-state index contributed by atoms with van der Waals surface area (Å²) in [6, 6.07) is -4.93. The molecule has 0 aliphatic carbocycles. The summed E-state index contributed by atoms with van der Waals surface area (Å²) in [7, 11) is 0. The summed E-state index contributed by atoms with van der Waals surface area (Å²) in [6.45, 7) is 0.426. The zero-order valence-electron chi connectivity index (χ0n) is 19.6. The largest absolute Gasteiger partial charge is 0.481 e. The topological polar surface area (TPSA) is 260 Å². The second-order valence-corrected chi connectivity index (χ2v) is 8.08.